The summed E-state index contributed by atoms with van der Waals surface area (Å²) in [7, 11) is 0. The SMILES string of the molecule is CC(C)(C)OC(=O)NC(C)(C)C(=O)N1C=Cn2c(nc(-c3ccc(F)cc3)c2Br)C1. The normalized spacial score (nSPS) is 13.8. The number of alkyl carbamates (subject to hydrolysis) is 1. The van der Waals surface area contributed by atoms with Crippen LogP contribution in [0.5, 0.6) is 0 Å². The van der Waals surface area contributed by atoms with Crippen LogP contribution in [-0.4, -0.2) is 37.6 Å². The predicted octanol–water partition coefficient (Wildman–Crippen LogP) is 4.53. The number of amides is 2. The maximum Gasteiger partial charge on any atom is 0.408 e. The average molecular weight is 479 g/mol. The smallest absolute Gasteiger partial charge is 0.408 e. The van der Waals surface area contributed by atoms with E-state index in [-0.39, 0.29) is 18.3 Å². The van der Waals surface area contributed by atoms with Crippen LogP contribution in [0.2, 0.25) is 0 Å². The third-order valence-corrected chi connectivity index (χ3v) is 5.12. The summed E-state index contributed by atoms with van der Waals surface area (Å²) in [6.07, 6.45) is 2.68. The molecule has 2 amide bonds. The maximum absolute atomic E-state index is 13.2. The van der Waals surface area contributed by atoms with E-state index in [0.717, 1.165) is 5.56 Å². The van der Waals surface area contributed by atoms with E-state index in [1.54, 1.807) is 59.2 Å². The highest BCUT2D eigenvalue weighted by molar-refractivity contribution is 9.10. The van der Waals surface area contributed by atoms with Gasteiger partial charge in [0.25, 0.3) is 5.91 Å². The second-order valence-electron chi connectivity index (χ2n) is 8.53. The van der Waals surface area contributed by atoms with Gasteiger partial charge in [-0.1, -0.05) is 0 Å². The highest BCUT2D eigenvalue weighted by atomic mass is 79.9. The van der Waals surface area contributed by atoms with Gasteiger partial charge in [-0.2, -0.15) is 0 Å². The summed E-state index contributed by atoms with van der Waals surface area (Å²) in [6, 6.07) is 6.04. The van der Waals surface area contributed by atoms with Crippen LogP contribution in [-0.2, 0) is 16.1 Å². The number of aromatic nitrogens is 2. The Labute approximate surface area is 183 Å². The van der Waals surface area contributed by atoms with E-state index >= 15 is 0 Å². The topological polar surface area (TPSA) is 76.5 Å². The minimum absolute atomic E-state index is 0.217. The highest BCUT2D eigenvalue weighted by Gasteiger charge is 2.36. The molecule has 0 saturated heterocycles. The van der Waals surface area contributed by atoms with Gasteiger partial charge in [0.1, 0.15) is 33.1 Å². The van der Waals surface area contributed by atoms with Crippen molar-refractivity contribution in [3.8, 4) is 11.3 Å². The first-order valence-corrected chi connectivity index (χ1v) is 10.2. The average Bonchev–Trinajstić information content (AvgIpc) is 2.95. The Hall–Kier alpha value is -2.68. The van der Waals surface area contributed by atoms with Gasteiger partial charge in [-0.25, -0.2) is 14.2 Å². The summed E-state index contributed by atoms with van der Waals surface area (Å²) in [6.45, 7) is 8.72. The molecule has 0 radical (unpaired) electrons. The Bertz CT molecular complexity index is 1010. The fourth-order valence-corrected chi connectivity index (χ4v) is 3.61. The third-order valence-electron chi connectivity index (χ3n) is 4.36. The van der Waals surface area contributed by atoms with Crippen LogP contribution in [0.4, 0.5) is 9.18 Å². The van der Waals surface area contributed by atoms with E-state index in [2.05, 4.69) is 26.2 Å². The number of hydrogen-bond acceptors (Lipinski definition) is 4. The molecule has 0 atom stereocenters. The van der Waals surface area contributed by atoms with Crippen molar-refractivity contribution >= 4 is 34.1 Å². The summed E-state index contributed by atoms with van der Waals surface area (Å²) >= 11 is 3.53. The summed E-state index contributed by atoms with van der Waals surface area (Å²) in [4.78, 5) is 31.3. The molecule has 7 nitrogen and oxygen atoms in total. The van der Waals surface area contributed by atoms with Gasteiger partial charge in [-0.3, -0.25) is 9.36 Å². The van der Waals surface area contributed by atoms with Crippen LogP contribution in [0.25, 0.3) is 17.5 Å². The quantitative estimate of drug-likeness (QED) is 0.702. The first-order chi connectivity index (χ1) is 13.9. The number of halogens is 2. The van der Waals surface area contributed by atoms with E-state index in [1.807, 2.05) is 4.57 Å². The number of nitrogens with one attached hydrogen (secondary N) is 1. The van der Waals surface area contributed by atoms with E-state index in [1.165, 1.54) is 17.0 Å². The van der Waals surface area contributed by atoms with Gasteiger partial charge in [-0.05, 0) is 74.8 Å². The molecule has 9 heteroatoms. The molecule has 3 rings (SSSR count). The van der Waals surface area contributed by atoms with Crippen LogP contribution in [0.1, 0.15) is 40.4 Å². The number of ether oxygens (including phenoxy) is 1. The molecule has 160 valence electrons. The molecule has 0 aliphatic carbocycles. The second-order valence-corrected chi connectivity index (χ2v) is 9.28. The Morgan fingerprint density at radius 1 is 1.13 bits per heavy atom. The number of hydrogen-bond donors (Lipinski definition) is 1. The van der Waals surface area contributed by atoms with E-state index in [4.69, 9.17) is 4.74 Å². The summed E-state index contributed by atoms with van der Waals surface area (Å²) in [5.74, 6) is -0.00124. The molecule has 30 heavy (non-hydrogen) atoms. The molecular formula is C21H24BrFN4O3. The summed E-state index contributed by atoms with van der Waals surface area (Å²) < 4.78 is 21.0. The van der Waals surface area contributed by atoms with Crippen LogP contribution in [0.3, 0.4) is 0 Å². The second kappa shape index (κ2) is 7.86. The first kappa shape index (κ1) is 22.0. The van der Waals surface area contributed by atoms with Crippen molar-refractivity contribution < 1.29 is 18.7 Å². The molecule has 0 unspecified atom stereocenters. The van der Waals surface area contributed by atoms with Gasteiger partial charge in [0, 0.05) is 18.0 Å². The Morgan fingerprint density at radius 2 is 1.77 bits per heavy atom. The highest BCUT2D eigenvalue weighted by Crippen LogP contribution is 2.31. The zero-order chi connectivity index (χ0) is 22.3. The first-order valence-electron chi connectivity index (χ1n) is 9.40. The lowest BCUT2D eigenvalue weighted by molar-refractivity contribution is -0.135. The number of carbonyl (C=O) groups is 2. The van der Waals surface area contributed by atoms with Crippen molar-refractivity contribution in [3.05, 3.63) is 46.7 Å². The fraction of sp³-hybridized carbons (Fsp3) is 0.381. The summed E-state index contributed by atoms with van der Waals surface area (Å²) in [5, 5.41) is 2.62. The molecule has 1 aromatic carbocycles. The zero-order valence-electron chi connectivity index (χ0n) is 17.5. The Balaban J connectivity index is 1.77. The molecule has 0 spiro atoms. The molecule has 1 aliphatic rings. The number of carbonyl (C=O) groups excluding carboxylic acids is 2. The van der Waals surface area contributed by atoms with E-state index < -0.39 is 17.2 Å². The van der Waals surface area contributed by atoms with Crippen LogP contribution < -0.4 is 5.32 Å². The van der Waals surface area contributed by atoms with Crippen molar-refractivity contribution in [1.29, 1.82) is 0 Å². The molecule has 2 heterocycles. The molecule has 1 aromatic heterocycles. The predicted molar refractivity (Wildman–Crippen MR) is 115 cm³/mol. The van der Waals surface area contributed by atoms with Crippen molar-refractivity contribution in [1.82, 2.24) is 19.8 Å². The van der Waals surface area contributed by atoms with Crippen LogP contribution >= 0.6 is 15.9 Å². The van der Waals surface area contributed by atoms with Gasteiger partial charge < -0.3 is 15.0 Å². The Kier molecular flexibility index (Phi) is 5.77. The molecular weight excluding hydrogens is 455 g/mol. The molecule has 0 bridgehead atoms. The maximum atomic E-state index is 13.2. The van der Waals surface area contributed by atoms with Crippen LogP contribution in [0.15, 0.2) is 35.1 Å². The van der Waals surface area contributed by atoms with Gasteiger partial charge in [0.05, 0.1) is 6.54 Å². The summed E-state index contributed by atoms with van der Waals surface area (Å²) in [5.41, 5.74) is -0.445. The monoisotopic (exact) mass is 478 g/mol. The lowest BCUT2D eigenvalue weighted by Gasteiger charge is -2.32. The van der Waals surface area contributed by atoms with Crippen molar-refractivity contribution in [3.63, 3.8) is 0 Å². The molecule has 1 aliphatic heterocycles. The lowest BCUT2D eigenvalue weighted by atomic mass is 10.0. The van der Waals surface area contributed by atoms with Crippen LogP contribution in [0, 0.1) is 5.82 Å². The van der Waals surface area contributed by atoms with Crippen molar-refractivity contribution in [2.45, 2.75) is 52.3 Å². The minimum Gasteiger partial charge on any atom is -0.444 e. The Morgan fingerprint density at radius 3 is 2.37 bits per heavy atom. The lowest BCUT2D eigenvalue weighted by Crippen LogP contribution is -2.55. The van der Waals surface area contributed by atoms with Gasteiger partial charge in [-0.15, -0.1) is 0 Å². The largest absolute Gasteiger partial charge is 0.444 e. The third kappa shape index (κ3) is 4.72. The molecule has 0 saturated carbocycles. The number of rotatable bonds is 3. The van der Waals surface area contributed by atoms with Gasteiger partial charge in [0.2, 0.25) is 0 Å². The standard InChI is InChI=1S/C21H24BrFN4O3/c1-20(2,3)30-19(29)25-21(4,5)18(28)26-10-11-27-15(12-26)24-16(17(27)22)13-6-8-14(23)9-7-13/h6-11H,12H2,1-5H3,(H,25,29). The zero-order valence-corrected chi connectivity index (χ0v) is 19.1. The van der Waals surface area contributed by atoms with E-state index in [0.29, 0.717) is 16.1 Å². The molecule has 2 aromatic rings. The number of imidazole rings is 1. The number of nitrogens with zero attached hydrogens (tertiary/aromatic N) is 3. The van der Waals surface area contributed by atoms with Gasteiger partial charge >= 0.3 is 6.09 Å². The fourth-order valence-electron chi connectivity index (χ4n) is 2.97. The number of fused-ring (bicyclic) bond motifs is 1. The molecule has 1 N–H and O–H groups in total. The van der Waals surface area contributed by atoms with Crippen molar-refractivity contribution in [2.75, 3.05) is 0 Å². The molecule has 0 fully saturated rings. The van der Waals surface area contributed by atoms with Crippen molar-refractivity contribution in [2.24, 2.45) is 0 Å². The van der Waals surface area contributed by atoms with Gasteiger partial charge in [0.15, 0.2) is 0 Å². The minimum atomic E-state index is -1.18. The van der Waals surface area contributed by atoms with E-state index in [9.17, 15) is 14.0 Å². The number of benzene rings is 1.